The highest BCUT2D eigenvalue weighted by Crippen LogP contribution is 2.28. The Morgan fingerprint density at radius 2 is 1.00 bits per heavy atom. The van der Waals surface area contributed by atoms with Crippen molar-refractivity contribution in [3.05, 3.63) is 120 Å². The van der Waals surface area contributed by atoms with Gasteiger partial charge < -0.3 is 0 Å². The summed E-state index contributed by atoms with van der Waals surface area (Å²) in [5.41, 5.74) is 1.97. The summed E-state index contributed by atoms with van der Waals surface area (Å²) in [7, 11) is 0. The van der Waals surface area contributed by atoms with Crippen LogP contribution in [-0.2, 0) is 6.18 Å². The summed E-state index contributed by atoms with van der Waals surface area (Å²) in [6, 6.07) is 23.9. The molecule has 0 heterocycles. The lowest BCUT2D eigenvalue weighted by Gasteiger charge is -2.44. The molecule has 0 spiro atoms. The number of alkyl halides is 3. The second kappa shape index (κ2) is 8.27. The fourth-order valence-electron chi connectivity index (χ4n) is 4.63. The Morgan fingerprint density at radius 3 is 1.47 bits per heavy atom. The fraction of sp³-hybridized carbons (Fsp3) is 0.0769. The van der Waals surface area contributed by atoms with E-state index >= 15 is 0 Å². The van der Waals surface area contributed by atoms with Crippen molar-refractivity contribution in [1.82, 2.24) is 0 Å². The van der Waals surface area contributed by atoms with Gasteiger partial charge in [-0.25, -0.2) is 8.78 Å². The molecule has 0 atom stereocenters. The van der Waals surface area contributed by atoms with Crippen LogP contribution in [0.15, 0.2) is 97.1 Å². The number of aryl methyl sites for hydroxylation is 1. The molecule has 0 saturated carbocycles. The Kier molecular flexibility index (Phi) is 5.63. The summed E-state index contributed by atoms with van der Waals surface area (Å²) in [6.07, 6.45) is -6.89. The molecule has 0 aliphatic carbocycles. The van der Waals surface area contributed by atoms with E-state index in [2.05, 4.69) is 0 Å². The van der Waals surface area contributed by atoms with Crippen LogP contribution < -0.4 is 21.9 Å². The van der Waals surface area contributed by atoms with Crippen LogP contribution in [0.3, 0.4) is 0 Å². The highest BCUT2D eigenvalue weighted by atomic mass is 19.4. The molecule has 0 unspecified atom stereocenters. The molecule has 0 nitrogen and oxygen atoms in total. The predicted molar refractivity (Wildman–Crippen MR) is 120 cm³/mol. The Bertz CT molecular complexity index is 1150. The molecule has 6 heteroatoms. The minimum Gasteiger partial charge on any atom is -0.207 e. The zero-order valence-electron chi connectivity index (χ0n) is 17.2. The molecule has 0 N–H and O–H groups in total. The van der Waals surface area contributed by atoms with Gasteiger partial charge in [0.15, 0.2) is 0 Å². The fourth-order valence-corrected chi connectivity index (χ4v) is 4.63. The molecule has 0 bridgehead atoms. The van der Waals surface area contributed by atoms with Gasteiger partial charge in [0.05, 0.1) is 5.56 Å². The van der Waals surface area contributed by atoms with Crippen molar-refractivity contribution in [3.63, 3.8) is 0 Å². The minimum atomic E-state index is -4.56. The largest absolute Gasteiger partial charge is 0.416 e. The van der Waals surface area contributed by atoms with Crippen molar-refractivity contribution in [1.29, 1.82) is 0 Å². The van der Waals surface area contributed by atoms with Crippen LogP contribution in [0.1, 0.15) is 11.1 Å². The molecular weight excluding hydrogens is 418 g/mol. The highest BCUT2D eigenvalue weighted by molar-refractivity contribution is 7.19. The van der Waals surface area contributed by atoms with E-state index in [4.69, 9.17) is 0 Å². The van der Waals surface area contributed by atoms with Crippen LogP contribution in [0.25, 0.3) is 0 Å². The SMILES string of the molecule is Cc1cccc([B-](c2cccc(F)c2)(c2cccc(F)c2)c2cccc(C(F)(F)F)c2)c1. The normalized spacial score (nSPS) is 12.1. The monoisotopic (exact) mass is 437 g/mol. The van der Waals surface area contributed by atoms with Gasteiger partial charge in [0.2, 0.25) is 0 Å². The second-order valence-corrected chi connectivity index (χ2v) is 8.01. The van der Waals surface area contributed by atoms with Crippen LogP contribution in [0.2, 0.25) is 0 Å². The van der Waals surface area contributed by atoms with Gasteiger partial charge in [-0.15, -0.1) is 0 Å². The molecule has 4 aromatic carbocycles. The van der Waals surface area contributed by atoms with Crippen molar-refractivity contribution in [2.75, 3.05) is 0 Å². The second-order valence-electron chi connectivity index (χ2n) is 8.01. The maximum absolute atomic E-state index is 14.4. The number of hydrogen-bond donors (Lipinski definition) is 0. The summed E-state index contributed by atoms with van der Waals surface area (Å²) < 4.78 is 69.8. The standard InChI is InChI=1S/C26H19BF5/c1-18-6-2-8-20(14-18)27(22-10-4-12-24(28)16-22,23-11-5-13-25(29)17-23)21-9-3-7-19(15-21)26(30,31)32/h2-17H,1H3/q-1. The Labute approximate surface area is 183 Å². The van der Waals surface area contributed by atoms with E-state index in [-0.39, 0.29) is 0 Å². The van der Waals surface area contributed by atoms with Gasteiger partial charge in [0, 0.05) is 0 Å². The van der Waals surface area contributed by atoms with Crippen molar-refractivity contribution < 1.29 is 22.0 Å². The highest BCUT2D eigenvalue weighted by Gasteiger charge is 2.35. The smallest absolute Gasteiger partial charge is 0.207 e. The number of rotatable bonds is 4. The van der Waals surface area contributed by atoms with E-state index in [9.17, 15) is 22.0 Å². The van der Waals surface area contributed by atoms with Crippen molar-refractivity contribution in [2.24, 2.45) is 0 Å². The minimum absolute atomic E-state index is 0.321. The van der Waals surface area contributed by atoms with Gasteiger partial charge in [-0.2, -0.15) is 35.0 Å². The summed E-state index contributed by atoms with van der Waals surface area (Å²) in [6.45, 7) is 1.87. The first-order valence-electron chi connectivity index (χ1n) is 10.1. The Morgan fingerprint density at radius 1 is 0.562 bits per heavy atom. The molecule has 4 rings (SSSR count). The van der Waals surface area contributed by atoms with Crippen LogP contribution in [0, 0.1) is 18.6 Å². The molecule has 0 aromatic heterocycles. The molecule has 0 saturated heterocycles. The first kappa shape index (κ1) is 21.8. The van der Waals surface area contributed by atoms with Crippen LogP contribution in [0.4, 0.5) is 22.0 Å². The lowest BCUT2D eigenvalue weighted by atomic mass is 9.13. The molecule has 0 amide bonds. The lowest BCUT2D eigenvalue weighted by molar-refractivity contribution is -0.137. The van der Waals surface area contributed by atoms with E-state index in [1.807, 2.05) is 19.1 Å². The average molecular weight is 437 g/mol. The van der Waals surface area contributed by atoms with E-state index in [0.29, 0.717) is 21.9 Å². The molecule has 0 fully saturated rings. The molecule has 0 aliphatic heterocycles. The van der Waals surface area contributed by atoms with Gasteiger partial charge in [-0.05, 0) is 19.1 Å². The topological polar surface area (TPSA) is 0 Å². The molecule has 0 aliphatic rings. The molecule has 4 aromatic rings. The summed E-state index contributed by atoms with van der Waals surface area (Å²) in [5.74, 6) is -1.05. The number of halogens is 5. The van der Waals surface area contributed by atoms with Crippen LogP contribution in [-0.4, -0.2) is 6.15 Å². The Balaban J connectivity index is 2.18. The zero-order chi connectivity index (χ0) is 22.9. The molecule has 32 heavy (non-hydrogen) atoms. The zero-order valence-corrected chi connectivity index (χ0v) is 17.2. The van der Waals surface area contributed by atoms with E-state index in [1.54, 1.807) is 30.3 Å². The van der Waals surface area contributed by atoms with Crippen molar-refractivity contribution >= 4 is 28.0 Å². The third kappa shape index (κ3) is 3.93. The van der Waals surface area contributed by atoms with Gasteiger partial charge in [0.25, 0.3) is 0 Å². The van der Waals surface area contributed by atoms with Crippen molar-refractivity contribution in [3.8, 4) is 0 Å². The molecule has 162 valence electrons. The summed E-state index contributed by atoms with van der Waals surface area (Å²) in [5, 5.41) is 0. The average Bonchev–Trinajstić information content (AvgIpc) is 2.74. The lowest BCUT2D eigenvalue weighted by Crippen LogP contribution is -2.75. The first-order valence-corrected chi connectivity index (χ1v) is 10.1. The predicted octanol–water partition coefficient (Wildman–Crippen LogP) is 4.67. The summed E-state index contributed by atoms with van der Waals surface area (Å²) in [4.78, 5) is 0. The van der Waals surface area contributed by atoms with Gasteiger partial charge in [-0.1, -0.05) is 90.5 Å². The van der Waals surface area contributed by atoms with Crippen LogP contribution in [0.5, 0.6) is 0 Å². The van der Waals surface area contributed by atoms with Gasteiger partial charge in [-0.3, -0.25) is 0 Å². The quantitative estimate of drug-likeness (QED) is 0.322. The van der Waals surface area contributed by atoms with Gasteiger partial charge in [0.1, 0.15) is 17.8 Å². The van der Waals surface area contributed by atoms with E-state index in [1.165, 1.54) is 42.5 Å². The van der Waals surface area contributed by atoms with Crippen LogP contribution >= 0.6 is 0 Å². The summed E-state index contributed by atoms with van der Waals surface area (Å²) >= 11 is 0. The van der Waals surface area contributed by atoms with Crippen molar-refractivity contribution in [2.45, 2.75) is 13.1 Å². The maximum atomic E-state index is 14.4. The third-order valence-corrected chi connectivity index (χ3v) is 5.95. The first-order chi connectivity index (χ1) is 15.2. The Hall–Kier alpha value is -3.41. The maximum Gasteiger partial charge on any atom is 0.416 e. The molecular formula is C26H19BF5-. The van der Waals surface area contributed by atoms with Gasteiger partial charge >= 0.3 is 6.18 Å². The number of benzene rings is 4. The number of hydrogen-bond acceptors (Lipinski definition) is 0. The van der Waals surface area contributed by atoms with E-state index in [0.717, 1.165) is 17.7 Å². The third-order valence-electron chi connectivity index (χ3n) is 5.95. The molecule has 0 radical (unpaired) electrons. The van der Waals surface area contributed by atoms with E-state index < -0.39 is 29.5 Å².